The van der Waals surface area contributed by atoms with Gasteiger partial charge in [-0.1, -0.05) is 54.6 Å². The van der Waals surface area contributed by atoms with Crippen LogP contribution in [0.4, 0.5) is 0 Å². The molecule has 0 fully saturated rings. The standard InChI is InChI=1S/C24H15BO4.2C3H6/c26-25(27)16-7-10-24-20(13-16)19-12-15(6-9-23(19)29-24)14-5-8-22-18(11-14)17-3-1-2-4-21(17)28-22;2*1-3-2/h1-13,26-27H;2*3H,1H2,2H3. The van der Waals surface area contributed by atoms with Gasteiger partial charge in [0.1, 0.15) is 22.3 Å². The van der Waals surface area contributed by atoms with E-state index >= 15 is 0 Å². The Bertz CT molecular complexity index is 1630. The fraction of sp³-hybridized carbons (Fsp3) is 0.0667. The Kier molecular flexibility index (Phi) is 7.21. The molecule has 2 N–H and O–H groups in total. The highest BCUT2D eigenvalue weighted by Gasteiger charge is 2.15. The van der Waals surface area contributed by atoms with Crippen LogP contribution >= 0.6 is 0 Å². The zero-order valence-corrected chi connectivity index (χ0v) is 19.9. The summed E-state index contributed by atoms with van der Waals surface area (Å²) in [5.41, 5.74) is 5.82. The average Bonchev–Trinajstić information content (AvgIpc) is 3.42. The van der Waals surface area contributed by atoms with Gasteiger partial charge in [-0.15, -0.1) is 13.2 Å². The first-order chi connectivity index (χ1) is 17.0. The van der Waals surface area contributed by atoms with Crippen LogP contribution < -0.4 is 5.46 Å². The number of hydrogen-bond acceptors (Lipinski definition) is 4. The van der Waals surface area contributed by atoms with Gasteiger partial charge < -0.3 is 18.9 Å². The zero-order chi connectivity index (χ0) is 24.9. The summed E-state index contributed by atoms with van der Waals surface area (Å²) in [6.07, 6.45) is 3.50. The summed E-state index contributed by atoms with van der Waals surface area (Å²) < 4.78 is 11.8. The van der Waals surface area contributed by atoms with Crippen molar-refractivity contribution in [3.8, 4) is 11.1 Å². The lowest BCUT2D eigenvalue weighted by atomic mass is 9.80. The van der Waals surface area contributed by atoms with E-state index in [2.05, 4.69) is 37.4 Å². The van der Waals surface area contributed by atoms with Gasteiger partial charge in [-0.05, 0) is 66.8 Å². The molecular formula is C30H27BO4. The Morgan fingerprint density at radius 1 is 0.600 bits per heavy atom. The van der Waals surface area contributed by atoms with Crippen LogP contribution in [0, 0.1) is 0 Å². The Balaban J connectivity index is 0.000000440. The van der Waals surface area contributed by atoms with Crippen molar-refractivity contribution >= 4 is 56.5 Å². The smallest absolute Gasteiger partial charge is 0.456 e. The second kappa shape index (κ2) is 10.5. The van der Waals surface area contributed by atoms with Crippen LogP contribution in [0.15, 0.2) is 113 Å². The first-order valence-corrected chi connectivity index (χ1v) is 11.4. The molecule has 0 spiro atoms. The molecule has 6 rings (SSSR count). The number of fused-ring (bicyclic) bond motifs is 6. The molecule has 0 bridgehead atoms. The molecule has 2 aromatic heterocycles. The van der Waals surface area contributed by atoms with Crippen LogP contribution in [0.2, 0.25) is 0 Å². The summed E-state index contributed by atoms with van der Waals surface area (Å²) in [6.45, 7) is 10.5. The van der Waals surface area contributed by atoms with E-state index in [0.717, 1.165) is 55.0 Å². The van der Waals surface area contributed by atoms with Crippen molar-refractivity contribution in [1.29, 1.82) is 0 Å². The molecule has 0 aliphatic heterocycles. The molecule has 0 saturated carbocycles. The fourth-order valence-electron chi connectivity index (χ4n) is 4.04. The summed E-state index contributed by atoms with van der Waals surface area (Å²) in [5.74, 6) is 0. The normalized spacial score (nSPS) is 10.5. The van der Waals surface area contributed by atoms with Crippen molar-refractivity contribution in [2.45, 2.75) is 13.8 Å². The Morgan fingerprint density at radius 3 is 1.57 bits per heavy atom. The molecule has 0 amide bonds. The van der Waals surface area contributed by atoms with Gasteiger partial charge in [-0.3, -0.25) is 0 Å². The number of benzene rings is 4. The maximum absolute atomic E-state index is 9.51. The summed E-state index contributed by atoms with van der Waals surface area (Å²) in [6, 6.07) is 25.5. The topological polar surface area (TPSA) is 66.7 Å². The molecule has 4 nitrogen and oxygen atoms in total. The Hall–Kier alpha value is -4.06. The Morgan fingerprint density at radius 2 is 1.03 bits per heavy atom. The zero-order valence-electron chi connectivity index (χ0n) is 19.9. The number of hydrogen-bond donors (Lipinski definition) is 2. The van der Waals surface area contributed by atoms with E-state index < -0.39 is 7.12 Å². The third kappa shape index (κ3) is 4.78. The SMILES string of the molecule is C=CC.C=CC.OB(O)c1ccc2oc3ccc(-c4ccc5oc6ccccc6c5c4)cc3c2c1. The van der Waals surface area contributed by atoms with E-state index in [1.165, 1.54) is 0 Å². The van der Waals surface area contributed by atoms with Crippen molar-refractivity contribution in [3.05, 3.63) is 104 Å². The minimum absolute atomic E-state index is 0.442. The number of rotatable bonds is 2. The third-order valence-electron chi connectivity index (χ3n) is 5.50. The van der Waals surface area contributed by atoms with Crippen molar-refractivity contribution in [2.75, 3.05) is 0 Å². The predicted molar refractivity (Wildman–Crippen MR) is 148 cm³/mol. The molecule has 0 unspecified atom stereocenters. The van der Waals surface area contributed by atoms with E-state index in [0.29, 0.717) is 5.46 Å². The van der Waals surface area contributed by atoms with E-state index in [1.54, 1.807) is 30.4 Å². The van der Waals surface area contributed by atoms with Crippen LogP contribution in [0.25, 0.3) is 55.0 Å². The highest BCUT2D eigenvalue weighted by Crippen LogP contribution is 2.35. The monoisotopic (exact) mass is 462 g/mol. The largest absolute Gasteiger partial charge is 0.488 e. The molecule has 2 heterocycles. The average molecular weight is 462 g/mol. The van der Waals surface area contributed by atoms with Gasteiger partial charge in [0, 0.05) is 21.5 Å². The predicted octanol–water partition coefficient (Wildman–Crippen LogP) is 7.22. The van der Waals surface area contributed by atoms with Crippen molar-refractivity contribution < 1.29 is 18.9 Å². The highest BCUT2D eigenvalue weighted by molar-refractivity contribution is 6.59. The van der Waals surface area contributed by atoms with E-state index in [4.69, 9.17) is 8.83 Å². The molecule has 4 aromatic carbocycles. The maximum Gasteiger partial charge on any atom is 0.488 e. The molecule has 0 saturated heterocycles. The maximum atomic E-state index is 9.51. The van der Waals surface area contributed by atoms with Crippen LogP contribution in [0.3, 0.4) is 0 Å². The fourth-order valence-corrected chi connectivity index (χ4v) is 4.04. The molecule has 0 aliphatic carbocycles. The van der Waals surface area contributed by atoms with Crippen LogP contribution in [-0.2, 0) is 0 Å². The Labute approximate surface area is 204 Å². The minimum Gasteiger partial charge on any atom is -0.456 e. The number of allylic oxidation sites excluding steroid dienone is 2. The van der Waals surface area contributed by atoms with Gasteiger partial charge in [-0.2, -0.15) is 0 Å². The minimum atomic E-state index is -1.51. The van der Waals surface area contributed by atoms with Gasteiger partial charge in [0.2, 0.25) is 0 Å². The quantitative estimate of drug-likeness (QED) is 0.211. The highest BCUT2D eigenvalue weighted by atomic mass is 16.4. The lowest BCUT2D eigenvalue weighted by Gasteiger charge is -2.03. The number of furan rings is 2. The summed E-state index contributed by atoms with van der Waals surface area (Å²) in [5, 5.41) is 23.0. The van der Waals surface area contributed by atoms with Crippen molar-refractivity contribution in [3.63, 3.8) is 0 Å². The lowest BCUT2D eigenvalue weighted by molar-refractivity contribution is 0.426. The van der Waals surface area contributed by atoms with Crippen LogP contribution in [-0.4, -0.2) is 17.2 Å². The molecule has 0 atom stereocenters. The summed E-state index contributed by atoms with van der Waals surface area (Å²) in [4.78, 5) is 0. The van der Waals surface area contributed by atoms with E-state index in [-0.39, 0.29) is 0 Å². The van der Waals surface area contributed by atoms with Gasteiger partial charge >= 0.3 is 7.12 Å². The molecule has 5 heteroatoms. The second-order valence-corrected chi connectivity index (χ2v) is 8.07. The third-order valence-corrected chi connectivity index (χ3v) is 5.50. The van der Waals surface area contributed by atoms with E-state index in [9.17, 15) is 10.0 Å². The molecule has 35 heavy (non-hydrogen) atoms. The first kappa shape index (κ1) is 24.1. The van der Waals surface area contributed by atoms with Gasteiger partial charge in [0.05, 0.1) is 0 Å². The molecule has 6 aromatic rings. The van der Waals surface area contributed by atoms with Crippen LogP contribution in [0.5, 0.6) is 0 Å². The first-order valence-electron chi connectivity index (χ1n) is 11.4. The summed E-state index contributed by atoms with van der Waals surface area (Å²) >= 11 is 0. The molecular weight excluding hydrogens is 435 g/mol. The van der Waals surface area contributed by atoms with Crippen molar-refractivity contribution in [2.24, 2.45) is 0 Å². The van der Waals surface area contributed by atoms with Gasteiger partial charge in [0.25, 0.3) is 0 Å². The van der Waals surface area contributed by atoms with Gasteiger partial charge in [0.15, 0.2) is 0 Å². The van der Waals surface area contributed by atoms with Crippen molar-refractivity contribution in [1.82, 2.24) is 0 Å². The number of para-hydroxylation sites is 1. The summed E-state index contributed by atoms with van der Waals surface area (Å²) in [7, 11) is -1.51. The lowest BCUT2D eigenvalue weighted by Crippen LogP contribution is -2.29. The molecule has 0 radical (unpaired) electrons. The molecule has 174 valence electrons. The van der Waals surface area contributed by atoms with Crippen LogP contribution in [0.1, 0.15) is 13.8 Å². The van der Waals surface area contributed by atoms with Gasteiger partial charge in [-0.25, -0.2) is 0 Å². The molecule has 0 aliphatic rings. The second-order valence-electron chi connectivity index (χ2n) is 8.07. The van der Waals surface area contributed by atoms with E-state index in [1.807, 2.05) is 50.2 Å².